The highest BCUT2D eigenvalue weighted by atomic mass is 19.1. The van der Waals surface area contributed by atoms with Gasteiger partial charge in [0.15, 0.2) is 5.82 Å². The summed E-state index contributed by atoms with van der Waals surface area (Å²) in [6, 6.07) is 14.2. The first-order chi connectivity index (χ1) is 13.0. The predicted molar refractivity (Wildman–Crippen MR) is 105 cm³/mol. The molecule has 3 rings (SSSR count). The zero-order valence-electron chi connectivity index (χ0n) is 14.9. The summed E-state index contributed by atoms with van der Waals surface area (Å²) in [5, 5.41) is 16.5. The Morgan fingerprint density at radius 1 is 0.926 bits per heavy atom. The normalized spacial score (nSPS) is 10.2. The van der Waals surface area contributed by atoms with Crippen LogP contribution < -0.4 is 20.9 Å². The van der Waals surface area contributed by atoms with Gasteiger partial charge in [-0.2, -0.15) is 5.10 Å². The van der Waals surface area contributed by atoms with Gasteiger partial charge >= 0.3 is 6.03 Å². The van der Waals surface area contributed by atoms with Gasteiger partial charge in [0, 0.05) is 37.2 Å². The van der Waals surface area contributed by atoms with Crippen LogP contribution in [-0.2, 0) is 0 Å². The number of urea groups is 1. The number of rotatable bonds is 5. The van der Waals surface area contributed by atoms with Gasteiger partial charge in [0.05, 0.1) is 11.9 Å². The van der Waals surface area contributed by atoms with Gasteiger partial charge in [-0.15, -0.1) is 5.10 Å². The van der Waals surface area contributed by atoms with Crippen LogP contribution in [0.3, 0.4) is 0 Å². The molecule has 3 N–H and O–H groups in total. The molecule has 0 bridgehead atoms. The average molecular weight is 366 g/mol. The van der Waals surface area contributed by atoms with Crippen molar-refractivity contribution in [1.82, 2.24) is 10.2 Å². The molecule has 2 amide bonds. The first-order valence-corrected chi connectivity index (χ1v) is 8.20. The fourth-order valence-corrected chi connectivity index (χ4v) is 2.27. The SMILES string of the molecule is CN(C)c1cnnc(Nc2ccc(NC(=O)Nc3ccc(F)cc3)cc2)c1. The van der Waals surface area contributed by atoms with Crippen molar-refractivity contribution in [2.75, 3.05) is 34.9 Å². The minimum atomic E-state index is -0.410. The monoisotopic (exact) mass is 366 g/mol. The van der Waals surface area contributed by atoms with E-state index in [0.717, 1.165) is 11.4 Å². The van der Waals surface area contributed by atoms with E-state index >= 15 is 0 Å². The summed E-state index contributed by atoms with van der Waals surface area (Å²) in [5.41, 5.74) is 2.87. The maximum Gasteiger partial charge on any atom is 0.323 e. The van der Waals surface area contributed by atoms with Crippen LogP contribution in [0, 0.1) is 5.82 Å². The van der Waals surface area contributed by atoms with Crippen LogP contribution in [0.2, 0.25) is 0 Å². The van der Waals surface area contributed by atoms with E-state index in [4.69, 9.17) is 0 Å². The van der Waals surface area contributed by atoms with E-state index < -0.39 is 6.03 Å². The lowest BCUT2D eigenvalue weighted by molar-refractivity contribution is 0.262. The van der Waals surface area contributed by atoms with Crippen LogP contribution in [-0.4, -0.2) is 30.3 Å². The van der Waals surface area contributed by atoms with E-state index in [1.54, 1.807) is 18.3 Å². The Balaban J connectivity index is 1.59. The molecule has 0 radical (unpaired) electrons. The van der Waals surface area contributed by atoms with Crippen molar-refractivity contribution in [1.29, 1.82) is 0 Å². The predicted octanol–water partition coefficient (Wildman–Crippen LogP) is 4.07. The standard InChI is InChI=1S/C19H19FN6O/c1-26(2)17-11-18(25-21-12-17)22-14-7-9-16(10-8-14)24-19(27)23-15-5-3-13(20)4-6-15/h3-12H,1-2H3,(H,22,25)(H2,23,24,27). The smallest absolute Gasteiger partial charge is 0.323 e. The van der Waals surface area contributed by atoms with Crippen LogP contribution >= 0.6 is 0 Å². The van der Waals surface area contributed by atoms with Gasteiger partial charge in [0.1, 0.15) is 5.82 Å². The van der Waals surface area contributed by atoms with E-state index in [1.165, 1.54) is 24.3 Å². The van der Waals surface area contributed by atoms with Crippen molar-refractivity contribution in [3.63, 3.8) is 0 Å². The molecule has 0 saturated carbocycles. The third-order valence-corrected chi connectivity index (χ3v) is 3.67. The third kappa shape index (κ3) is 5.15. The van der Waals surface area contributed by atoms with Gasteiger partial charge in [-0.05, 0) is 48.5 Å². The molecule has 7 nitrogen and oxygen atoms in total. The number of anilines is 5. The zero-order chi connectivity index (χ0) is 19.2. The molecule has 8 heteroatoms. The van der Waals surface area contributed by atoms with Crippen molar-refractivity contribution in [2.24, 2.45) is 0 Å². The highest BCUT2D eigenvalue weighted by Crippen LogP contribution is 2.20. The molecular formula is C19H19FN6O. The Morgan fingerprint density at radius 3 is 2.07 bits per heavy atom. The molecular weight excluding hydrogens is 347 g/mol. The second-order valence-corrected chi connectivity index (χ2v) is 5.98. The lowest BCUT2D eigenvalue weighted by Crippen LogP contribution is -2.19. The summed E-state index contributed by atoms with van der Waals surface area (Å²) in [6.07, 6.45) is 1.68. The van der Waals surface area contributed by atoms with E-state index in [0.29, 0.717) is 17.2 Å². The number of benzene rings is 2. The second kappa shape index (κ2) is 8.13. The molecule has 1 heterocycles. The Labute approximate surface area is 156 Å². The van der Waals surface area contributed by atoms with Gasteiger partial charge in [0.25, 0.3) is 0 Å². The van der Waals surface area contributed by atoms with Crippen LogP contribution in [0.15, 0.2) is 60.8 Å². The highest BCUT2D eigenvalue weighted by molar-refractivity contribution is 5.99. The first kappa shape index (κ1) is 18.1. The summed E-state index contributed by atoms with van der Waals surface area (Å²) in [4.78, 5) is 13.9. The van der Waals surface area contributed by atoms with Crippen molar-refractivity contribution in [2.45, 2.75) is 0 Å². The average Bonchev–Trinajstić information content (AvgIpc) is 2.65. The lowest BCUT2D eigenvalue weighted by Gasteiger charge is -2.13. The number of nitrogens with one attached hydrogen (secondary N) is 3. The molecule has 1 aromatic heterocycles. The van der Waals surface area contributed by atoms with Gasteiger partial charge in [0.2, 0.25) is 0 Å². The number of carbonyl (C=O) groups is 1. The molecule has 3 aromatic rings. The molecule has 27 heavy (non-hydrogen) atoms. The summed E-state index contributed by atoms with van der Waals surface area (Å²) < 4.78 is 12.9. The van der Waals surface area contributed by atoms with Crippen LogP contribution in [0.5, 0.6) is 0 Å². The van der Waals surface area contributed by atoms with Gasteiger partial charge < -0.3 is 20.9 Å². The molecule has 0 aliphatic carbocycles. The zero-order valence-corrected chi connectivity index (χ0v) is 14.9. The van der Waals surface area contributed by atoms with E-state index in [9.17, 15) is 9.18 Å². The quantitative estimate of drug-likeness (QED) is 0.634. The van der Waals surface area contributed by atoms with E-state index in [2.05, 4.69) is 26.1 Å². The molecule has 138 valence electrons. The Morgan fingerprint density at radius 2 is 1.48 bits per heavy atom. The van der Waals surface area contributed by atoms with E-state index in [-0.39, 0.29) is 5.82 Å². The number of hydrogen-bond acceptors (Lipinski definition) is 5. The van der Waals surface area contributed by atoms with Gasteiger partial charge in [-0.1, -0.05) is 0 Å². The van der Waals surface area contributed by atoms with Crippen LogP contribution in [0.4, 0.5) is 37.8 Å². The lowest BCUT2D eigenvalue weighted by atomic mass is 10.2. The van der Waals surface area contributed by atoms with Crippen LogP contribution in [0.25, 0.3) is 0 Å². The second-order valence-electron chi connectivity index (χ2n) is 5.98. The molecule has 0 unspecified atom stereocenters. The number of hydrogen-bond donors (Lipinski definition) is 3. The van der Waals surface area contributed by atoms with Crippen molar-refractivity contribution >= 4 is 34.6 Å². The van der Waals surface area contributed by atoms with Crippen molar-refractivity contribution in [3.8, 4) is 0 Å². The number of carbonyl (C=O) groups excluding carboxylic acids is 1. The summed E-state index contributed by atoms with van der Waals surface area (Å²) in [7, 11) is 3.86. The minimum absolute atomic E-state index is 0.357. The van der Waals surface area contributed by atoms with Gasteiger partial charge in [-0.25, -0.2) is 9.18 Å². The van der Waals surface area contributed by atoms with E-state index in [1.807, 2.05) is 37.2 Å². The summed E-state index contributed by atoms with van der Waals surface area (Å²) in [6.45, 7) is 0. The molecule has 0 aliphatic rings. The van der Waals surface area contributed by atoms with Gasteiger partial charge in [-0.3, -0.25) is 0 Å². The Bertz CT molecular complexity index is 912. The fourth-order valence-electron chi connectivity index (χ4n) is 2.27. The third-order valence-electron chi connectivity index (χ3n) is 3.67. The highest BCUT2D eigenvalue weighted by Gasteiger charge is 2.04. The van der Waals surface area contributed by atoms with Crippen LogP contribution in [0.1, 0.15) is 0 Å². The fraction of sp³-hybridized carbons (Fsp3) is 0.105. The topological polar surface area (TPSA) is 82.2 Å². The molecule has 0 aliphatic heterocycles. The minimum Gasteiger partial charge on any atom is -0.376 e. The molecule has 0 atom stereocenters. The Kier molecular flexibility index (Phi) is 5.46. The summed E-state index contributed by atoms with van der Waals surface area (Å²) >= 11 is 0. The number of aromatic nitrogens is 2. The molecule has 2 aromatic carbocycles. The largest absolute Gasteiger partial charge is 0.376 e. The Hall–Kier alpha value is -3.68. The molecule has 0 saturated heterocycles. The molecule has 0 fully saturated rings. The number of nitrogens with zero attached hydrogens (tertiary/aromatic N) is 3. The summed E-state index contributed by atoms with van der Waals surface area (Å²) in [5.74, 6) is 0.265. The number of halogens is 1. The molecule has 0 spiro atoms. The maximum atomic E-state index is 12.9. The van der Waals surface area contributed by atoms with Crippen molar-refractivity contribution in [3.05, 3.63) is 66.6 Å². The van der Waals surface area contributed by atoms with Crippen molar-refractivity contribution < 1.29 is 9.18 Å². The maximum absolute atomic E-state index is 12.9. The first-order valence-electron chi connectivity index (χ1n) is 8.20. The number of amides is 2.